The van der Waals surface area contributed by atoms with Gasteiger partial charge in [-0.2, -0.15) is 0 Å². The lowest BCUT2D eigenvalue weighted by atomic mass is 10.1. The maximum atomic E-state index is 13.0. The van der Waals surface area contributed by atoms with Crippen molar-refractivity contribution in [1.29, 1.82) is 0 Å². The Balaban J connectivity index is 1.96. The van der Waals surface area contributed by atoms with Gasteiger partial charge in [0.25, 0.3) is 5.91 Å². The van der Waals surface area contributed by atoms with Crippen molar-refractivity contribution in [3.8, 4) is 5.75 Å². The molecule has 142 valence electrons. The molecule has 0 fully saturated rings. The number of aromatic nitrogens is 1. The molecule has 0 unspecified atom stereocenters. The van der Waals surface area contributed by atoms with Crippen LogP contribution in [0.25, 0.3) is 10.2 Å². The van der Waals surface area contributed by atoms with Gasteiger partial charge >= 0.3 is 0 Å². The maximum absolute atomic E-state index is 13.0. The summed E-state index contributed by atoms with van der Waals surface area (Å²) in [5, 5.41) is 5.97. The van der Waals surface area contributed by atoms with E-state index in [2.05, 4.69) is 4.98 Å². The van der Waals surface area contributed by atoms with E-state index >= 15 is 0 Å². The third-order valence-corrected chi connectivity index (χ3v) is 6.42. The summed E-state index contributed by atoms with van der Waals surface area (Å²) in [6, 6.07) is 11.4. The van der Waals surface area contributed by atoms with Gasteiger partial charge in [0.05, 0.1) is 33.8 Å². The molecular weight excluding hydrogens is 386 g/mol. The van der Waals surface area contributed by atoms with E-state index in [1.165, 1.54) is 41.5 Å². The molecular formula is C18H19N3O4S2. The van der Waals surface area contributed by atoms with Gasteiger partial charge in [0.15, 0.2) is 0 Å². The molecule has 27 heavy (non-hydrogen) atoms. The van der Waals surface area contributed by atoms with E-state index in [4.69, 9.17) is 9.88 Å². The van der Waals surface area contributed by atoms with Crippen LogP contribution in [0.2, 0.25) is 0 Å². The second kappa shape index (κ2) is 7.26. The van der Waals surface area contributed by atoms with Crippen molar-refractivity contribution in [3.63, 3.8) is 0 Å². The quantitative estimate of drug-likeness (QED) is 0.703. The van der Waals surface area contributed by atoms with Crippen molar-refractivity contribution in [2.24, 2.45) is 5.14 Å². The number of rotatable bonds is 5. The summed E-state index contributed by atoms with van der Waals surface area (Å²) in [5.74, 6) is -0.111. The van der Waals surface area contributed by atoms with Gasteiger partial charge in [-0.1, -0.05) is 12.1 Å². The Hall–Kier alpha value is -2.49. The summed E-state index contributed by atoms with van der Waals surface area (Å²) in [6.45, 7) is 1.87. The third-order valence-electron chi connectivity index (χ3n) is 4.30. The second-order valence-corrected chi connectivity index (χ2v) is 8.64. The fraction of sp³-hybridized carbons (Fsp3) is 0.222. The molecule has 1 heterocycles. The van der Waals surface area contributed by atoms with E-state index in [0.717, 1.165) is 15.2 Å². The minimum atomic E-state index is -3.94. The van der Waals surface area contributed by atoms with Crippen molar-refractivity contribution in [3.05, 3.63) is 53.0 Å². The number of thiazole rings is 1. The van der Waals surface area contributed by atoms with Crippen LogP contribution in [0.5, 0.6) is 5.75 Å². The van der Waals surface area contributed by atoms with Crippen LogP contribution in [0, 0.1) is 0 Å². The molecule has 0 spiro atoms. The van der Waals surface area contributed by atoms with E-state index in [1.807, 2.05) is 31.2 Å². The van der Waals surface area contributed by atoms with Crippen LogP contribution < -0.4 is 9.88 Å². The van der Waals surface area contributed by atoms with Crippen LogP contribution in [0.15, 0.2) is 47.4 Å². The molecule has 3 aromatic rings. The number of amides is 1. The zero-order valence-corrected chi connectivity index (χ0v) is 16.7. The van der Waals surface area contributed by atoms with Gasteiger partial charge in [-0.25, -0.2) is 18.5 Å². The topological polar surface area (TPSA) is 103 Å². The molecule has 0 aliphatic rings. The molecule has 0 aliphatic heterocycles. The number of nitrogens with two attached hydrogens (primary N) is 1. The number of para-hydroxylation sites is 1. The summed E-state index contributed by atoms with van der Waals surface area (Å²) in [4.78, 5) is 19.0. The molecule has 1 amide bonds. The minimum Gasteiger partial charge on any atom is -0.496 e. The lowest BCUT2D eigenvalue weighted by Gasteiger charge is -2.24. The molecule has 2 aromatic carbocycles. The average Bonchev–Trinajstić information content (AvgIpc) is 3.09. The van der Waals surface area contributed by atoms with Crippen molar-refractivity contribution < 1.29 is 17.9 Å². The zero-order valence-electron chi connectivity index (χ0n) is 15.0. The molecule has 1 aromatic heterocycles. The SMILES string of the molecule is COc1ccc(S(N)(=O)=O)cc1C(=O)N(C)[C@H](C)c1nc2ccccc2s1. The van der Waals surface area contributed by atoms with Crippen LogP contribution in [0.3, 0.4) is 0 Å². The second-order valence-electron chi connectivity index (χ2n) is 6.02. The highest BCUT2D eigenvalue weighted by Gasteiger charge is 2.25. The van der Waals surface area contributed by atoms with Crippen LogP contribution in [-0.4, -0.2) is 38.4 Å². The standard InChI is InChI=1S/C18H19N3O4S2/c1-11(17-20-14-6-4-5-7-16(14)26-17)21(2)18(22)13-10-12(27(19,23)24)8-9-15(13)25-3/h4-11H,1-3H3,(H2,19,23,24)/t11-/m1/s1. The number of nitrogens with zero attached hydrogens (tertiary/aromatic N) is 2. The first kappa shape index (κ1) is 19.3. The number of methoxy groups -OCH3 is 1. The van der Waals surface area contributed by atoms with Gasteiger partial charge in [-0.3, -0.25) is 4.79 Å². The smallest absolute Gasteiger partial charge is 0.257 e. The number of sulfonamides is 1. The molecule has 0 aliphatic carbocycles. The van der Waals surface area contributed by atoms with E-state index in [0.29, 0.717) is 0 Å². The number of fused-ring (bicyclic) bond motifs is 1. The highest BCUT2D eigenvalue weighted by atomic mass is 32.2. The van der Waals surface area contributed by atoms with Crippen molar-refractivity contribution >= 4 is 37.5 Å². The molecule has 0 bridgehead atoms. The summed E-state index contributed by atoms with van der Waals surface area (Å²) in [5.41, 5.74) is 0.999. The van der Waals surface area contributed by atoms with Crippen molar-refractivity contribution in [1.82, 2.24) is 9.88 Å². The van der Waals surface area contributed by atoms with E-state index in [-0.39, 0.29) is 28.2 Å². The highest BCUT2D eigenvalue weighted by molar-refractivity contribution is 7.89. The molecule has 3 rings (SSSR count). The molecule has 0 saturated heterocycles. The van der Waals surface area contributed by atoms with Gasteiger partial charge in [-0.15, -0.1) is 11.3 Å². The Kier molecular flexibility index (Phi) is 5.18. The van der Waals surface area contributed by atoms with Crippen molar-refractivity contribution in [2.75, 3.05) is 14.2 Å². The van der Waals surface area contributed by atoms with Crippen molar-refractivity contribution in [2.45, 2.75) is 17.9 Å². The lowest BCUT2D eigenvalue weighted by molar-refractivity contribution is 0.0739. The Morgan fingerprint density at radius 2 is 1.96 bits per heavy atom. The normalized spacial score (nSPS) is 12.7. The summed E-state index contributed by atoms with van der Waals surface area (Å²) in [6.07, 6.45) is 0. The zero-order chi connectivity index (χ0) is 19.8. The first-order chi connectivity index (χ1) is 12.7. The van der Waals surface area contributed by atoms with Gasteiger partial charge in [-0.05, 0) is 37.3 Å². The lowest BCUT2D eigenvalue weighted by Crippen LogP contribution is -2.30. The summed E-state index contributed by atoms with van der Waals surface area (Å²) >= 11 is 1.51. The largest absolute Gasteiger partial charge is 0.496 e. The fourth-order valence-electron chi connectivity index (χ4n) is 2.63. The molecule has 7 nitrogen and oxygen atoms in total. The molecule has 0 saturated carbocycles. The van der Waals surface area contributed by atoms with Crippen LogP contribution >= 0.6 is 11.3 Å². The van der Waals surface area contributed by atoms with E-state index in [9.17, 15) is 13.2 Å². The highest BCUT2D eigenvalue weighted by Crippen LogP contribution is 2.31. The molecule has 0 radical (unpaired) electrons. The molecule has 1 atom stereocenters. The maximum Gasteiger partial charge on any atom is 0.257 e. The monoisotopic (exact) mass is 405 g/mol. The van der Waals surface area contributed by atoms with Gasteiger partial charge in [0.2, 0.25) is 10.0 Å². The molecule has 9 heteroatoms. The van der Waals surface area contributed by atoms with E-state index < -0.39 is 10.0 Å². The Morgan fingerprint density at radius 3 is 2.59 bits per heavy atom. The average molecular weight is 406 g/mol. The van der Waals surface area contributed by atoms with Crippen LogP contribution in [0.4, 0.5) is 0 Å². The predicted octanol–water partition coefficient (Wildman–Crippen LogP) is 2.79. The van der Waals surface area contributed by atoms with Gasteiger partial charge in [0.1, 0.15) is 10.8 Å². The summed E-state index contributed by atoms with van der Waals surface area (Å²) in [7, 11) is -0.878. The number of carbonyl (C=O) groups excluding carboxylic acids is 1. The number of primary sulfonamides is 1. The number of ether oxygens (including phenoxy) is 1. The predicted molar refractivity (Wildman–Crippen MR) is 104 cm³/mol. The number of carbonyl (C=O) groups is 1. The van der Waals surface area contributed by atoms with Gasteiger partial charge < -0.3 is 9.64 Å². The number of hydrogen-bond acceptors (Lipinski definition) is 6. The number of hydrogen-bond donors (Lipinski definition) is 1. The van der Waals surface area contributed by atoms with Gasteiger partial charge in [0, 0.05) is 7.05 Å². The Morgan fingerprint density at radius 1 is 1.26 bits per heavy atom. The first-order valence-corrected chi connectivity index (χ1v) is 10.4. The minimum absolute atomic E-state index is 0.125. The number of benzene rings is 2. The van der Waals surface area contributed by atoms with Crippen LogP contribution in [-0.2, 0) is 10.0 Å². The summed E-state index contributed by atoms with van der Waals surface area (Å²) < 4.78 is 29.5. The third kappa shape index (κ3) is 3.80. The molecule has 2 N–H and O–H groups in total. The first-order valence-electron chi connectivity index (χ1n) is 8.06. The van der Waals surface area contributed by atoms with Crippen LogP contribution in [0.1, 0.15) is 28.3 Å². The Bertz CT molecular complexity index is 1080. The fourth-order valence-corrected chi connectivity index (χ4v) is 4.23. The van der Waals surface area contributed by atoms with E-state index in [1.54, 1.807) is 7.05 Å². The Labute approximate surface area is 161 Å².